The number of ether oxygens (including phenoxy) is 1. The van der Waals surface area contributed by atoms with E-state index in [4.69, 9.17) is 0 Å². The number of hydrogen-bond donors (Lipinski definition) is 2. The van der Waals surface area contributed by atoms with Gasteiger partial charge in [0.05, 0.1) is 18.4 Å². The summed E-state index contributed by atoms with van der Waals surface area (Å²) in [4.78, 5) is 27.6. The number of nitrogens with one attached hydrogen (secondary N) is 1. The van der Waals surface area contributed by atoms with E-state index >= 15 is 0 Å². The normalized spacial score (nSPS) is 14.0. The highest BCUT2D eigenvalue weighted by Crippen LogP contribution is 2.27. The van der Waals surface area contributed by atoms with Crippen molar-refractivity contribution in [1.29, 1.82) is 0 Å². The molecule has 1 aliphatic rings. The zero-order chi connectivity index (χ0) is 18.5. The second-order valence-electron chi connectivity index (χ2n) is 5.96. The highest BCUT2D eigenvalue weighted by atomic mass is 16.5. The van der Waals surface area contributed by atoms with Crippen LogP contribution in [0.2, 0.25) is 0 Å². The zero-order valence-corrected chi connectivity index (χ0v) is 14.5. The molecule has 1 fully saturated rings. The van der Waals surface area contributed by atoms with Gasteiger partial charge in [0.1, 0.15) is 5.75 Å². The van der Waals surface area contributed by atoms with Crippen LogP contribution in [-0.2, 0) is 4.74 Å². The van der Waals surface area contributed by atoms with Gasteiger partial charge in [-0.05, 0) is 36.4 Å². The fourth-order valence-electron chi connectivity index (χ4n) is 2.89. The van der Waals surface area contributed by atoms with Crippen molar-refractivity contribution in [1.82, 2.24) is 4.90 Å². The lowest BCUT2D eigenvalue weighted by atomic mass is 10.2. The Morgan fingerprint density at radius 2 is 1.65 bits per heavy atom. The number of carbonyl (C=O) groups is 2. The molecule has 3 rings (SSSR count). The molecule has 2 aromatic rings. The van der Waals surface area contributed by atoms with Crippen molar-refractivity contribution < 1.29 is 19.4 Å². The molecule has 0 bridgehead atoms. The van der Waals surface area contributed by atoms with Gasteiger partial charge in [-0.1, -0.05) is 12.1 Å². The van der Waals surface area contributed by atoms with E-state index in [1.807, 2.05) is 12.1 Å². The minimum Gasteiger partial charge on any atom is -0.506 e. The van der Waals surface area contributed by atoms with Gasteiger partial charge in [0.2, 0.25) is 0 Å². The van der Waals surface area contributed by atoms with Gasteiger partial charge in [-0.25, -0.2) is 9.59 Å². The van der Waals surface area contributed by atoms with Gasteiger partial charge < -0.3 is 25.0 Å². The molecular weight excluding hydrogens is 334 g/mol. The van der Waals surface area contributed by atoms with Crippen LogP contribution in [0.5, 0.6) is 5.75 Å². The Morgan fingerprint density at radius 3 is 2.27 bits per heavy atom. The number of urea groups is 1. The number of methoxy groups -OCH3 is 1. The quantitative estimate of drug-likeness (QED) is 0.827. The number of piperazine rings is 1. The maximum atomic E-state index is 12.4. The van der Waals surface area contributed by atoms with Crippen molar-refractivity contribution in [3.8, 4) is 5.75 Å². The van der Waals surface area contributed by atoms with E-state index in [0.29, 0.717) is 37.4 Å². The second-order valence-corrected chi connectivity index (χ2v) is 5.96. The Balaban J connectivity index is 1.55. The molecule has 0 aliphatic carbocycles. The van der Waals surface area contributed by atoms with Crippen LogP contribution in [0.15, 0.2) is 48.5 Å². The van der Waals surface area contributed by atoms with Crippen LogP contribution in [0.1, 0.15) is 10.4 Å². The third-order valence-corrected chi connectivity index (χ3v) is 4.35. The lowest BCUT2D eigenvalue weighted by Crippen LogP contribution is -2.50. The summed E-state index contributed by atoms with van der Waals surface area (Å²) in [5.41, 5.74) is 1.83. The van der Waals surface area contributed by atoms with Gasteiger partial charge in [-0.3, -0.25) is 0 Å². The van der Waals surface area contributed by atoms with Crippen molar-refractivity contribution in [3.05, 3.63) is 54.1 Å². The summed E-state index contributed by atoms with van der Waals surface area (Å²) in [6.45, 7) is 2.40. The highest BCUT2D eigenvalue weighted by molar-refractivity contribution is 5.92. The molecule has 2 N–H and O–H groups in total. The van der Waals surface area contributed by atoms with Gasteiger partial charge in [-0.2, -0.15) is 0 Å². The first-order chi connectivity index (χ1) is 12.6. The minimum atomic E-state index is -0.414. The minimum absolute atomic E-state index is 0.187. The first kappa shape index (κ1) is 17.6. The molecule has 2 amide bonds. The third kappa shape index (κ3) is 3.88. The SMILES string of the molecule is COC(=O)c1ccc(NC(=O)N2CCN(c3ccccc3O)CC2)cc1. The van der Waals surface area contributed by atoms with Crippen LogP contribution in [0.4, 0.5) is 16.2 Å². The van der Waals surface area contributed by atoms with Crippen LogP contribution in [0.25, 0.3) is 0 Å². The van der Waals surface area contributed by atoms with Crippen molar-refractivity contribution in [3.63, 3.8) is 0 Å². The van der Waals surface area contributed by atoms with Gasteiger partial charge in [-0.15, -0.1) is 0 Å². The number of amides is 2. The van der Waals surface area contributed by atoms with E-state index in [0.717, 1.165) is 5.69 Å². The predicted octanol–water partition coefficient (Wildman–Crippen LogP) is 2.53. The summed E-state index contributed by atoms with van der Waals surface area (Å²) < 4.78 is 4.65. The summed E-state index contributed by atoms with van der Waals surface area (Å²) in [7, 11) is 1.33. The summed E-state index contributed by atoms with van der Waals surface area (Å²) in [6, 6.07) is 13.6. The molecule has 0 saturated carbocycles. The molecule has 26 heavy (non-hydrogen) atoms. The third-order valence-electron chi connectivity index (χ3n) is 4.35. The first-order valence-electron chi connectivity index (χ1n) is 8.36. The van der Waals surface area contributed by atoms with E-state index in [2.05, 4.69) is 15.0 Å². The van der Waals surface area contributed by atoms with Crippen LogP contribution in [0, 0.1) is 0 Å². The van der Waals surface area contributed by atoms with E-state index in [1.54, 1.807) is 41.3 Å². The Morgan fingerprint density at radius 1 is 1.00 bits per heavy atom. The number of esters is 1. The zero-order valence-electron chi connectivity index (χ0n) is 14.5. The lowest BCUT2D eigenvalue weighted by molar-refractivity contribution is 0.0600. The van der Waals surface area contributed by atoms with Crippen molar-refractivity contribution in [2.75, 3.05) is 43.5 Å². The average Bonchev–Trinajstić information content (AvgIpc) is 2.68. The molecule has 1 aliphatic heterocycles. The molecule has 0 spiro atoms. The van der Waals surface area contributed by atoms with Crippen LogP contribution < -0.4 is 10.2 Å². The fraction of sp³-hybridized carbons (Fsp3) is 0.263. The topological polar surface area (TPSA) is 82.1 Å². The van der Waals surface area contributed by atoms with Gasteiger partial charge in [0, 0.05) is 31.9 Å². The molecule has 7 nitrogen and oxygen atoms in total. The van der Waals surface area contributed by atoms with E-state index in [-0.39, 0.29) is 11.8 Å². The summed E-state index contributed by atoms with van der Waals surface area (Å²) >= 11 is 0. The van der Waals surface area contributed by atoms with Crippen molar-refractivity contribution in [2.24, 2.45) is 0 Å². The number of para-hydroxylation sites is 2. The van der Waals surface area contributed by atoms with Crippen molar-refractivity contribution in [2.45, 2.75) is 0 Å². The Kier molecular flexibility index (Phi) is 5.26. The average molecular weight is 355 g/mol. The molecule has 136 valence electrons. The number of benzene rings is 2. The fourth-order valence-corrected chi connectivity index (χ4v) is 2.89. The van der Waals surface area contributed by atoms with Gasteiger partial charge in [0.25, 0.3) is 0 Å². The smallest absolute Gasteiger partial charge is 0.337 e. The Bertz CT molecular complexity index is 784. The van der Waals surface area contributed by atoms with Crippen LogP contribution in [-0.4, -0.2) is 55.3 Å². The van der Waals surface area contributed by atoms with Gasteiger partial charge >= 0.3 is 12.0 Å². The number of rotatable bonds is 3. The number of carbonyl (C=O) groups excluding carboxylic acids is 2. The molecule has 2 aromatic carbocycles. The number of anilines is 2. The maximum Gasteiger partial charge on any atom is 0.337 e. The highest BCUT2D eigenvalue weighted by Gasteiger charge is 2.22. The molecule has 0 atom stereocenters. The number of hydrogen-bond acceptors (Lipinski definition) is 5. The van der Waals surface area contributed by atoms with Crippen LogP contribution >= 0.6 is 0 Å². The largest absolute Gasteiger partial charge is 0.506 e. The first-order valence-corrected chi connectivity index (χ1v) is 8.36. The summed E-state index contributed by atoms with van der Waals surface area (Å²) in [6.07, 6.45) is 0. The summed E-state index contributed by atoms with van der Waals surface area (Å²) in [5, 5.41) is 12.8. The molecule has 1 saturated heterocycles. The Labute approximate surface area is 151 Å². The lowest BCUT2D eigenvalue weighted by Gasteiger charge is -2.36. The number of phenols is 1. The summed E-state index contributed by atoms with van der Waals surface area (Å²) in [5.74, 6) is -0.167. The molecule has 1 heterocycles. The Hall–Kier alpha value is -3.22. The number of phenolic OH excluding ortho intramolecular Hbond substituents is 1. The van der Waals surface area contributed by atoms with E-state index in [1.165, 1.54) is 7.11 Å². The number of aromatic hydroxyl groups is 1. The van der Waals surface area contributed by atoms with Gasteiger partial charge in [0.15, 0.2) is 0 Å². The molecule has 7 heteroatoms. The van der Waals surface area contributed by atoms with E-state index in [9.17, 15) is 14.7 Å². The number of nitrogens with zero attached hydrogens (tertiary/aromatic N) is 2. The van der Waals surface area contributed by atoms with Crippen LogP contribution in [0.3, 0.4) is 0 Å². The predicted molar refractivity (Wildman–Crippen MR) is 98.7 cm³/mol. The van der Waals surface area contributed by atoms with E-state index < -0.39 is 5.97 Å². The standard InChI is InChI=1S/C19H21N3O4/c1-26-18(24)14-6-8-15(9-7-14)20-19(25)22-12-10-21(11-13-22)16-4-2-3-5-17(16)23/h2-9,23H,10-13H2,1H3,(H,20,25). The second kappa shape index (κ2) is 7.77. The molecule has 0 unspecified atom stereocenters. The molecule has 0 aromatic heterocycles. The molecular formula is C19H21N3O4. The van der Waals surface area contributed by atoms with Crippen molar-refractivity contribution >= 4 is 23.4 Å². The maximum absolute atomic E-state index is 12.4. The molecule has 0 radical (unpaired) electrons. The monoisotopic (exact) mass is 355 g/mol.